The van der Waals surface area contributed by atoms with Gasteiger partial charge in [-0.15, -0.1) is 0 Å². The van der Waals surface area contributed by atoms with Crippen LogP contribution in [-0.4, -0.2) is 24.5 Å². The lowest BCUT2D eigenvalue weighted by Gasteiger charge is -2.31. The van der Waals surface area contributed by atoms with E-state index in [1.54, 1.807) is 0 Å². The maximum absolute atomic E-state index is 12.1. The molecule has 1 aliphatic heterocycles. The Bertz CT molecular complexity index is 247. The number of hydrogen-bond donors (Lipinski definition) is 1. The minimum atomic E-state index is -0.584. The number of unbranched alkanes of at least 4 members (excludes halogenated alkanes) is 7. The molecule has 0 bridgehead atoms. The Balaban J connectivity index is 2.01. The van der Waals surface area contributed by atoms with Gasteiger partial charge in [-0.05, 0) is 19.3 Å². The lowest BCUT2D eigenvalue weighted by molar-refractivity contribution is -0.127. The molecule has 3 heteroatoms. The third kappa shape index (κ3) is 6.53. The fraction of sp³-hybridized carbons (Fsp3) is 0.938. The van der Waals surface area contributed by atoms with Gasteiger partial charge in [0.05, 0.1) is 5.54 Å². The average Bonchev–Trinajstić information content (AvgIpc) is 2.42. The Morgan fingerprint density at radius 2 is 1.53 bits per heavy atom. The zero-order valence-corrected chi connectivity index (χ0v) is 12.6. The minimum absolute atomic E-state index is 0.252. The van der Waals surface area contributed by atoms with Crippen molar-refractivity contribution in [2.24, 2.45) is 5.73 Å². The molecule has 0 unspecified atom stereocenters. The maximum atomic E-state index is 12.1. The van der Waals surface area contributed by atoms with Crippen molar-refractivity contribution in [3.63, 3.8) is 0 Å². The van der Waals surface area contributed by atoms with Crippen LogP contribution < -0.4 is 5.73 Å². The number of carbonyl (C=O) groups is 1. The van der Waals surface area contributed by atoms with E-state index in [1.165, 1.54) is 44.9 Å². The molecule has 112 valence electrons. The monoisotopic (exact) mass is 269 g/mol. The van der Waals surface area contributed by atoms with Crippen LogP contribution in [0.3, 0.4) is 0 Å². The number of carbonyl (C=O) groups excluding carboxylic acids is 1. The van der Waals surface area contributed by atoms with E-state index in [0.29, 0.717) is 32.5 Å². The van der Waals surface area contributed by atoms with Gasteiger partial charge in [-0.25, -0.2) is 0 Å². The Morgan fingerprint density at radius 1 is 1.00 bits per heavy atom. The van der Waals surface area contributed by atoms with Crippen molar-refractivity contribution < 1.29 is 9.53 Å². The number of hydrogen-bond acceptors (Lipinski definition) is 3. The summed E-state index contributed by atoms with van der Waals surface area (Å²) in [6, 6.07) is 0. The van der Waals surface area contributed by atoms with E-state index in [2.05, 4.69) is 6.92 Å². The third-order valence-corrected chi connectivity index (χ3v) is 4.20. The third-order valence-electron chi connectivity index (χ3n) is 4.20. The fourth-order valence-electron chi connectivity index (χ4n) is 2.68. The first-order chi connectivity index (χ1) is 9.19. The summed E-state index contributed by atoms with van der Waals surface area (Å²) >= 11 is 0. The van der Waals surface area contributed by atoms with Crippen LogP contribution in [0, 0.1) is 0 Å². The SMILES string of the molecule is CCCCCCCCCCC(=O)C1(N)CCOCC1. The van der Waals surface area contributed by atoms with Gasteiger partial charge in [-0.1, -0.05) is 51.9 Å². The summed E-state index contributed by atoms with van der Waals surface area (Å²) in [4.78, 5) is 12.1. The molecule has 1 rings (SSSR count). The zero-order valence-electron chi connectivity index (χ0n) is 12.6. The number of ether oxygens (including phenoxy) is 1. The topological polar surface area (TPSA) is 52.3 Å². The summed E-state index contributed by atoms with van der Waals surface area (Å²) in [5, 5.41) is 0. The van der Waals surface area contributed by atoms with Gasteiger partial charge in [0.2, 0.25) is 0 Å². The van der Waals surface area contributed by atoms with Gasteiger partial charge in [0, 0.05) is 19.6 Å². The van der Waals surface area contributed by atoms with E-state index in [0.717, 1.165) is 6.42 Å². The summed E-state index contributed by atoms with van der Waals surface area (Å²) in [6.07, 6.45) is 12.2. The van der Waals surface area contributed by atoms with Gasteiger partial charge in [-0.2, -0.15) is 0 Å². The molecular weight excluding hydrogens is 238 g/mol. The van der Waals surface area contributed by atoms with Crippen molar-refractivity contribution in [3.8, 4) is 0 Å². The first-order valence-electron chi connectivity index (χ1n) is 8.09. The Morgan fingerprint density at radius 3 is 2.11 bits per heavy atom. The van der Waals surface area contributed by atoms with Crippen molar-refractivity contribution >= 4 is 5.78 Å². The predicted octanol–water partition coefficient (Wildman–Crippen LogP) is 3.59. The van der Waals surface area contributed by atoms with Gasteiger partial charge >= 0.3 is 0 Å². The second kappa shape index (κ2) is 9.49. The van der Waals surface area contributed by atoms with Crippen molar-refractivity contribution in [1.82, 2.24) is 0 Å². The van der Waals surface area contributed by atoms with Gasteiger partial charge in [0.1, 0.15) is 0 Å². The van der Waals surface area contributed by atoms with E-state index in [-0.39, 0.29) is 5.78 Å². The predicted molar refractivity (Wildman–Crippen MR) is 79.2 cm³/mol. The summed E-state index contributed by atoms with van der Waals surface area (Å²) in [7, 11) is 0. The Labute approximate surface area is 118 Å². The largest absolute Gasteiger partial charge is 0.381 e. The molecule has 2 N–H and O–H groups in total. The van der Waals surface area contributed by atoms with Crippen LogP contribution >= 0.6 is 0 Å². The molecule has 0 aromatic heterocycles. The van der Waals surface area contributed by atoms with E-state index in [9.17, 15) is 4.79 Å². The first kappa shape index (κ1) is 16.6. The molecule has 0 aromatic carbocycles. The molecule has 19 heavy (non-hydrogen) atoms. The van der Waals surface area contributed by atoms with Gasteiger partial charge in [0.25, 0.3) is 0 Å². The molecule has 3 nitrogen and oxygen atoms in total. The molecule has 0 aliphatic carbocycles. The molecule has 1 saturated heterocycles. The van der Waals surface area contributed by atoms with Crippen LogP contribution in [0.5, 0.6) is 0 Å². The molecule has 0 atom stereocenters. The van der Waals surface area contributed by atoms with E-state index in [1.807, 2.05) is 0 Å². The zero-order chi connectivity index (χ0) is 14.0. The maximum Gasteiger partial charge on any atom is 0.152 e. The molecule has 1 fully saturated rings. The highest BCUT2D eigenvalue weighted by atomic mass is 16.5. The second-order valence-electron chi connectivity index (χ2n) is 5.92. The van der Waals surface area contributed by atoms with E-state index < -0.39 is 5.54 Å². The fourth-order valence-corrected chi connectivity index (χ4v) is 2.68. The quantitative estimate of drug-likeness (QED) is 0.617. The van der Waals surface area contributed by atoms with Gasteiger partial charge in [0.15, 0.2) is 5.78 Å². The van der Waals surface area contributed by atoms with Crippen molar-refractivity contribution in [3.05, 3.63) is 0 Å². The Hall–Kier alpha value is -0.410. The normalized spacial score (nSPS) is 18.4. The van der Waals surface area contributed by atoms with Crippen LogP contribution in [0.4, 0.5) is 0 Å². The van der Waals surface area contributed by atoms with Crippen LogP contribution in [-0.2, 0) is 9.53 Å². The number of nitrogens with two attached hydrogens (primary N) is 1. The molecule has 0 amide bonds. The van der Waals surface area contributed by atoms with Crippen LogP contribution in [0.25, 0.3) is 0 Å². The lowest BCUT2D eigenvalue weighted by Crippen LogP contribution is -2.51. The van der Waals surface area contributed by atoms with Crippen LogP contribution in [0.1, 0.15) is 77.6 Å². The van der Waals surface area contributed by atoms with Gasteiger partial charge in [-0.3, -0.25) is 4.79 Å². The lowest BCUT2D eigenvalue weighted by atomic mass is 9.84. The molecule has 0 radical (unpaired) electrons. The molecule has 0 saturated carbocycles. The smallest absolute Gasteiger partial charge is 0.152 e. The van der Waals surface area contributed by atoms with Crippen LogP contribution in [0.15, 0.2) is 0 Å². The first-order valence-corrected chi connectivity index (χ1v) is 8.09. The molecule has 0 spiro atoms. The number of ketones is 1. The standard InChI is InChI=1S/C16H31NO2/c1-2-3-4-5-6-7-8-9-10-15(18)16(17)11-13-19-14-12-16/h2-14,17H2,1H3. The second-order valence-corrected chi connectivity index (χ2v) is 5.92. The summed E-state index contributed by atoms with van der Waals surface area (Å²) < 4.78 is 5.27. The summed E-state index contributed by atoms with van der Waals surface area (Å²) in [5.41, 5.74) is 5.58. The highest BCUT2D eigenvalue weighted by Gasteiger charge is 2.34. The minimum Gasteiger partial charge on any atom is -0.381 e. The average molecular weight is 269 g/mol. The summed E-state index contributed by atoms with van der Waals surface area (Å²) in [5.74, 6) is 0.252. The molecule has 1 heterocycles. The summed E-state index contributed by atoms with van der Waals surface area (Å²) in [6.45, 7) is 3.52. The molecular formula is C16H31NO2. The van der Waals surface area contributed by atoms with Crippen LogP contribution in [0.2, 0.25) is 0 Å². The number of rotatable bonds is 10. The van der Waals surface area contributed by atoms with E-state index >= 15 is 0 Å². The highest BCUT2D eigenvalue weighted by molar-refractivity contribution is 5.88. The molecule has 0 aromatic rings. The Kier molecular flexibility index (Phi) is 8.31. The highest BCUT2D eigenvalue weighted by Crippen LogP contribution is 2.21. The van der Waals surface area contributed by atoms with Crippen molar-refractivity contribution in [1.29, 1.82) is 0 Å². The van der Waals surface area contributed by atoms with Gasteiger partial charge < -0.3 is 10.5 Å². The van der Waals surface area contributed by atoms with Crippen molar-refractivity contribution in [2.75, 3.05) is 13.2 Å². The number of Topliss-reactive ketones (excluding diaryl/α,β-unsaturated/α-hetero) is 1. The van der Waals surface area contributed by atoms with E-state index in [4.69, 9.17) is 10.5 Å². The molecule has 1 aliphatic rings. The van der Waals surface area contributed by atoms with Crippen molar-refractivity contribution in [2.45, 2.75) is 83.1 Å².